The van der Waals surface area contributed by atoms with Crippen LogP contribution in [0.4, 0.5) is 11.4 Å². The molecule has 1 heterocycles. The quantitative estimate of drug-likeness (QED) is 0.792. The third kappa shape index (κ3) is 3.06. The number of nitriles is 1. The van der Waals surface area contributed by atoms with Gasteiger partial charge in [0.15, 0.2) is 5.69 Å². The number of aromatic amines is 1. The van der Waals surface area contributed by atoms with Crippen molar-refractivity contribution in [3.63, 3.8) is 0 Å². The monoisotopic (exact) mass is 347 g/mol. The predicted molar refractivity (Wildman–Crippen MR) is 83.9 cm³/mol. The lowest BCUT2D eigenvalue weighted by atomic mass is 10.1. The fourth-order valence-corrected chi connectivity index (χ4v) is 2.32. The van der Waals surface area contributed by atoms with Gasteiger partial charge in [0.2, 0.25) is 0 Å². The van der Waals surface area contributed by atoms with Crippen LogP contribution in [0.25, 0.3) is 0 Å². The number of nitrogens with zero attached hydrogens (tertiary/aromatic N) is 2. The lowest BCUT2D eigenvalue weighted by Crippen LogP contribution is -2.14. The van der Waals surface area contributed by atoms with Gasteiger partial charge in [0.25, 0.3) is 5.91 Å². The van der Waals surface area contributed by atoms with Crippen molar-refractivity contribution in [3.05, 3.63) is 39.6 Å². The molecule has 7 heteroatoms. The summed E-state index contributed by atoms with van der Waals surface area (Å²) >= 11 is 3.31. The van der Waals surface area contributed by atoms with Crippen LogP contribution in [0.2, 0.25) is 0 Å². The number of nitrogen functional groups attached to an aromatic ring is 1. The number of hydrogen-bond acceptors (Lipinski definition) is 4. The average Bonchev–Trinajstić information content (AvgIpc) is 2.83. The van der Waals surface area contributed by atoms with Crippen LogP contribution in [-0.2, 0) is 0 Å². The third-order valence-electron chi connectivity index (χ3n) is 2.97. The summed E-state index contributed by atoms with van der Waals surface area (Å²) in [7, 11) is 0. The van der Waals surface area contributed by atoms with Crippen molar-refractivity contribution in [2.24, 2.45) is 0 Å². The number of nitrogens with two attached hydrogens (primary N) is 1. The van der Waals surface area contributed by atoms with Crippen molar-refractivity contribution >= 4 is 33.2 Å². The second-order valence-corrected chi connectivity index (χ2v) is 5.67. The molecule has 0 spiro atoms. The van der Waals surface area contributed by atoms with E-state index in [1.807, 2.05) is 19.9 Å². The number of anilines is 2. The van der Waals surface area contributed by atoms with Crippen LogP contribution in [-0.4, -0.2) is 16.1 Å². The Balaban J connectivity index is 2.25. The summed E-state index contributed by atoms with van der Waals surface area (Å²) in [5, 5.41) is 18.3. The smallest absolute Gasteiger partial charge is 0.278 e. The Morgan fingerprint density at radius 1 is 1.52 bits per heavy atom. The van der Waals surface area contributed by atoms with E-state index in [2.05, 4.69) is 31.4 Å². The number of rotatable bonds is 3. The molecule has 0 fully saturated rings. The first-order chi connectivity index (χ1) is 9.93. The lowest BCUT2D eigenvalue weighted by Gasteiger charge is -2.07. The molecular formula is C14H14BrN5O. The highest BCUT2D eigenvalue weighted by Crippen LogP contribution is 2.26. The van der Waals surface area contributed by atoms with Gasteiger partial charge >= 0.3 is 0 Å². The van der Waals surface area contributed by atoms with Gasteiger partial charge in [0.1, 0.15) is 0 Å². The van der Waals surface area contributed by atoms with Crippen molar-refractivity contribution in [1.82, 2.24) is 10.2 Å². The van der Waals surface area contributed by atoms with E-state index in [0.29, 0.717) is 21.4 Å². The molecule has 0 bridgehead atoms. The molecule has 1 aromatic carbocycles. The summed E-state index contributed by atoms with van der Waals surface area (Å²) in [5.41, 5.74) is 8.23. The van der Waals surface area contributed by atoms with E-state index in [0.717, 1.165) is 5.69 Å². The number of carbonyl (C=O) groups excluding carboxylic acids is 1. The van der Waals surface area contributed by atoms with E-state index in [4.69, 9.17) is 11.0 Å². The van der Waals surface area contributed by atoms with E-state index in [1.165, 1.54) is 0 Å². The Morgan fingerprint density at radius 2 is 2.24 bits per heavy atom. The first-order valence-corrected chi connectivity index (χ1v) is 7.08. The number of carbonyl (C=O) groups is 1. The van der Waals surface area contributed by atoms with Crippen molar-refractivity contribution in [3.8, 4) is 6.07 Å². The van der Waals surface area contributed by atoms with E-state index in [-0.39, 0.29) is 11.6 Å². The van der Waals surface area contributed by atoms with Crippen LogP contribution in [0.15, 0.2) is 22.7 Å². The molecule has 0 unspecified atom stereocenters. The topological polar surface area (TPSA) is 108 Å². The first-order valence-electron chi connectivity index (χ1n) is 6.28. The maximum Gasteiger partial charge on any atom is 0.278 e. The van der Waals surface area contributed by atoms with E-state index in [1.54, 1.807) is 18.2 Å². The Labute approximate surface area is 130 Å². The number of amides is 1. The second kappa shape index (κ2) is 5.97. The van der Waals surface area contributed by atoms with Gasteiger partial charge in [-0.1, -0.05) is 13.8 Å². The first kappa shape index (κ1) is 15.1. The minimum Gasteiger partial charge on any atom is -0.395 e. The molecule has 0 saturated carbocycles. The third-order valence-corrected chi connectivity index (χ3v) is 3.63. The summed E-state index contributed by atoms with van der Waals surface area (Å²) in [5.74, 6) is -0.248. The molecule has 4 N–H and O–H groups in total. The van der Waals surface area contributed by atoms with Gasteiger partial charge in [0, 0.05) is 4.47 Å². The summed E-state index contributed by atoms with van der Waals surface area (Å²) in [4.78, 5) is 12.2. The summed E-state index contributed by atoms with van der Waals surface area (Å²) in [6.07, 6.45) is 0. The molecular weight excluding hydrogens is 334 g/mol. The highest BCUT2D eigenvalue weighted by Gasteiger charge is 2.19. The molecule has 0 aliphatic heterocycles. The Kier molecular flexibility index (Phi) is 4.29. The van der Waals surface area contributed by atoms with Gasteiger partial charge in [-0.15, -0.1) is 0 Å². The van der Waals surface area contributed by atoms with Gasteiger partial charge in [-0.2, -0.15) is 10.4 Å². The van der Waals surface area contributed by atoms with Crippen LogP contribution in [0.3, 0.4) is 0 Å². The number of halogens is 1. The van der Waals surface area contributed by atoms with E-state index in [9.17, 15) is 4.79 Å². The molecule has 2 rings (SSSR count). The van der Waals surface area contributed by atoms with Crippen LogP contribution in [0.5, 0.6) is 0 Å². The van der Waals surface area contributed by atoms with Gasteiger partial charge < -0.3 is 11.1 Å². The number of benzene rings is 1. The zero-order valence-electron chi connectivity index (χ0n) is 11.6. The minimum atomic E-state index is -0.402. The molecule has 1 amide bonds. The van der Waals surface area contributed by atoms with E-state index < -0.39 is 5.91 Å². The predicted octanol–water partition coefficient (Wildman–Crippen LogP) is 3.00. The molecule has 21 heavy (non-hydrogen) atoms. The van der Waals surface area contributed by atoms with Crippen LogP contribution < -0.4 is 11.1 Å². The molecule has 0 aliphatic rings. The number of aromatic nitrogens is 2. The zero-order valence-corrected chi connectivity index (χ0v) is 13.2. The standard InChI is InChI=1S/C14H14BrN5O/c1-7(2)12-11(17)13(20-19-12)14(21)18-10-4-3-8(6-16)5-9(10)15/h3-5,7H,17H2,1-2H3,(H,18,21)(H,19,20). The SMILES string of the molecule is CC(C)c1[nH]nc(C(=O)Nc2ccc(C#N)cc2Br)c1N. The van der Waals surface area contributed by atoms with Gasteiger partial charge in [0.05, 0.1) is 28.7 Å². The van der Waals surface area contributed by atoms with Gasteiger partial charge in [-0.3, -0.25) is 9.89 Å². The molecule has 0 aliphatic carbocycles. The Morgan fingerprint density at radius 3 is 2.76 bits per heavy atom. The summed E-state index contributed by atoms with van der Waals surface area (Å²) in [6.45, 7) is 3.92. The van der Waals surface area contributed by atoms with Crippen LogP contribution >= 0.6 is 15.9 Å². The number of nitrogens with one attached hydrogen (secondary N) is 2. The molecule has 0 radical (unpaired) electrons. The highest BCUT2D eigenvalue weighted by molar-refractivity contribution is 9.10. The summed E-state index contributed by atoms with van der Waals surface area (Å²) < 4.78 is 0.619. The number of H-pyrrole nitrogens is 1. The maximum atomic E-state index is 12.2. The van der Waals surface area contributed by atoms with Crippen LogP contribution in [0.1, 0.15) is 41.5 Å². The Bertz CT molecular complexity index is 729. The molecule has 1 aromatic heterocycles. The normalized spacial score (nSPS) is 10.4. The van der Waals surface area contributed by atoms with Crippen molar-refractivity contribution in [2.75, 3.05) is 11.1 Å². The van der Waals surface area contributed by atoms with Crippen molar-refractivity contribution in [2.45, 2.75) is 19.8 Å². The van der Waals surface area contributed by atoms with E-state index >= 15 is 0 Å². The fraction of sp³-hybridized carbons (Fsp3) is 0.214. The number of hydrogen-bond donors (Lipinski definition) is 3. The Hall–Kier alpha value is -2.33. The maximum absolute atomic E-state index is 12.2. The van der Waals surface area contributed by atoms with Crippen molar-refractivity contribution in [1.29, 1.82) is 5.26 Å². The second-order valence-electron chi connectivity index (χ2n) is 4.81. The molecule has 0 atom stereocenters. The molecule has 108 valence electrons. The largest absolute Gasteiger partial charge is 0.395 e. The zero-order chi connectivity index (χ0) is 15.6. The highest BCUT2D eigenvalue weighted by atomic mass is 79.9. The fourth-order valence-electron chi connectivity index (χ4n) is 1.84. The van der Waals surface area contributed by atoms with Crippen LogP contribution in [0, 0.1) is 11.3 Å². The minimum absolute atomic E-state index is 0.153. The van der Waals surface area contributed by atoms with Gasteiger partial charge in [-0.25, -0.2) is 0 Å². The lowest BCUT2D eigenvalue weighted by molar-refractivity contribution is 0.102. The van der Waals surface area contributed by atoms with Crippen molar-refractivity contribution < 1.29 is 4.79 Å². The molecule has 2 aromatic rings. The molecule has 0 saturated heterocycles. The van der Waals surface area contributed by atoms with Gasteiger partial charge in [-0.05, 0) is 40.0 Å². The average molecular weight is 348 g/mol. The summed E-state index contributed by atoms with van der Waals surface area (Å²) in [6, 6.07) is 6.92. The molecule has 6 nitrogen and oxygen atoms in total.